The van der Waals surface area contributed by atoms with Gasteiger partial charge in [0, 0.05) is 28.2 Å². The van der Waals surface area contributed by atoms with Crippen molar-refractivity contribution in [2.24, 2.45) is 5.92 Å². The van der Waals surface area contributed by atoms with E-state index in [0.717, 1.165) is 24.9 Å². The summed E-state index contributed by atoms with van der Waals surface area (Å²) in [6.07, 6.45) is 1.76. The SMILES string of the molecule is O=C(Nc1cc(Cl)ccc1Oc1ccccc1)C1CCCN(Cc2ccc(Cl)cc2Cl)C1. The molecule has 1 unspecified atom stereocenters. The van der Waals surface area contributed by atoms with Crippen molar-refractivity contribution in [3.8, 4) is 11.5 Å². The zero-order valence-electron chi connectivity index (χ0n) is 17.4. The lowest BCUT2D eigenvalue weighted by Gasteiger charge is -2.32. The van der Waals surface area contributed by atoms with Gasteiger partial charge in [0.15, 0.2) is 5.75 Å². The molecule has 7 heteroatoms. The fourth-order valence-electron chi connectivity index (χ4n) is 3.84. The maximum Gasteiger partial charge on any atom is 0.228 e. The number of nitrogens with one attached hydrogen (secondary N) is 1. The van der Waals surface area contributed by atoms with Crippen molar-refractivity contribution in [2.45, 2.75) is 19.4 Å². The summed E-state index contributed by atoms with van der Waals surface area (Å²) < 4.78 is 5.97. The van der Waals surface area contributed by atoms with Crippen molar-refractivity contribution in [1.29, 1.82) is 0 Å². The van der Waals surface area contributed by atoms with Gasteiger partial charge in [-0.25, -0.2) is 0 Å². The van der Waals surface area contributed by atoms with Crippen LogP contribution >= 0.6 is 34.8 Å². The number of rotatable bonds is 6. The van der Waals surface area contributed by atoms with Crippen LogP contribution in [-0.2, 0) is 11.3 Å². The lowest BCUT2D eigenvalue weighted by Crippen LogP contribution is -2.40. The Labute approximate surface area is 203 Å². The van der Waals surface area contributed by atoms with Crippen molar-refractivity contribution in [3.63, 3.8) is 0 Å². The average Bonchev–Trinajstić information content (AvgIpc) is 2.78. The fraction of sp³-hybridized carbons (Fsp3) is 0.240. The van der Waals surface area contributed by atoms with Gasteiger partial charge in [-0.05, 0) is 67.4 Å². The van der Waals surface area contributed by atoms with Crippen LogP contribution in [0, 0.1) is 5.92 Å². The molecule has 3 aromatic carbocycles. The van der Waals surface area contributed by atoms with Crippen LogP contribution in [0.3, 0.4) is 0 Å². The molecule has 0 bridgehead atoms. The van der Waals surface area contributed by atoms with Crippen LogP contribution in [0.25, 0.3) is 0 Å². The molecule has 32 heavy (non-hydrogen) atoms. The Kier molecular flexibility index (Phi) is 7.59. The Morgan fingerprint density at radius 3 is 2.53 bits per heavy atom. The summed E-state index contributed by atoms with van der Waals surface area (Å²) in [4.78, 5) is 15.4. The lowest BCUT2D eigenvalue weighted by molar-refractivity contribution is -0.121. The average molecular weight is 490 g/mol. The van der Waals surface area contributed by atoms with E-state index in [2.05, 4.69) is 10.2 Å². The van der Waals surface area contributed by atoms with E-state index in [9.17, 15) is 4.79 Å². The minimum absolute atomic E-state index is 0.0444. The fourth-order valence-corrected chi connectivity index (χ4v) is 4.48. The largest absolute Gasteiger partial charge is 0.455 e. The zero-order valence-corrected chi connectivity index (χ0v) is 19.6. The zero-order chi connectivity index (χ0) is 22.5. The van der Waals surface area contributed by atoms with Gasteiger partial charge in [0.25, 0.3) is 0 Å². The first kappa shape index (κ1) is 22.9. The van der Waals surface area contributed by atoms with Crippen molar-refractivity contribution in [2.75, 3.05) is 18.4 Å². The number of piperidine rings is 1. The molecule has 4 rings (SSSR count). The summed E-state index contributed by atoms with van der Waals surface area (Å²) in [6.45, 7) is 2.25. The molecule has 1 aliphatic rings. The number of ether oxygens (including phenoxy) is 1. The van der Waals surface area contributed by atoms with Gasteiger partial charge in [0.2, 0.25) is 5.91 Å². The molecule has 3 aromatic rings. The van der Waals surface area contributed by atoms with E-state index in [-0.39, 0.29) is 11.8 Å². The third-order valence-electron chi connectivity index (χ3n) is 5.46. The van der Waals surface area contributed by atoms with Crippen LogP contribution in [0.15, 0.2) is 66.7 Å². The highest BCUT2D eigenvalue weighted by atomic mass is 35.5. The lowest BCUT2D eigenvalue weighted by atomic mass is 9.96. The topological polar surface area (TPSA) is 41.6 Å². The number of hydrogen-bond acceptors (Lipinski definition) is 3. The van der Waals surface area contributed by atoms with Gasteiger partial charge in [0.05, 0.1) is 11.6 Å². The molecule has 1 saturated heterocycles. The molecule has 1 amide bonds. The van der Waals surface area contributed by atoms with Gasteiger partial charge >= 0.3 is 0 Å². The number of benzene rings is 3. The molecule has 0 saturated carbocycles. The van der Waals surface area contributed by atoms with Gasteiger partial charge < -0.3 is 10.1 Å². The number of carbonyl (C=O) groups is 1. The number of anilines is 1. The van der Waals surface area contributed by atoms with Gasteiger partial charge in [0.1, 0.15) is 5.75 Å². The summed E-state index contributed by atoms with van der Waals surface area (Å²) in [5.74, 6) is 1.05. The second kappa shape index (κ2) is 10.6. The van der Waals surface area contributed by atoms with E-state index in [1.54, 1.807) is 24.3 Å². The van der Waals surface area contributed by atoms with E-state index >= 15 is 0 Å². The number of likely N-dealkylation sites (tertiary alicyclic amines) is 1. The van der Waals surface area contributed by atoms with Crippen LogP contribution in [0.1, 0.15) is 18.4 Å². The first-order chi connectivity index (χ1) is 15.5. The number of nitrogens with zero attached hydrogens (tertiary/aromatic N) is 1. The van der Waals surface area contributed by atoms with E-state index in [0.29, 0.717) is 45.3 Å². The summed E-state index contributed by atoms with van der Waals surface area (Å²) in [7, 11) is 0. The number of para-hydroxylation sites is 1. The molecule has 1 fully saturated rings. The standard InChI is InChI=1S/C25H23Cl3N2O2/c26-19-9-8-17(22(28)13-19)15-30-12-4-5-18(16-30)25(31)29-23-14-20(27)10-11-24(23)32-21-6-2-1-3-7-21/h1-3,6-11,13-14,18H,4-5,12,15-16H2,(H,29,31). The predicted molar refractivity (Wildman–Crippen MR) is 131 cm³/mol. The Morgan fingerprint density at radius 2 is 1.75 bits per heavy atom. The second-order valence-corrected chi connectivity index (χ2v) is 9.13. The van der Waals surface area contributed by atoms with E-state index in [4.69, 9.17) is 39.5 Å². The third-order valence-corrected chi connectivity index (χ3v) is 6.28. The minimum Gasteiger partial charge on any atom is -0.455 e. The molecule has 1 aliphatic heterocycles. The smallest absolute Gasteiger partial charge is 0.228 e. The Balaban J connectivity index is 1.43. The molecule has 1 N–H and O–H groups in total. The molecular weight excluding hydrogens is 467 g/mol. The van der Waals surface area contributed by atoms with Crippen LogP contribution in [0.5, 0.6) is 11.5 Å². The first-order valence-electron chi connectivity index (χ1n) is 10.5. The second-order valence-electron chi connectivity index (χ2n) is 7.85. The van der Waals surface area contributed by atoms with Crippen molar-refractivity contribution in [1.82, 2.24) is 4.90 Å². The van der Waals surface area contributed by atoms with Crippen molar-refractivity contribution in [3.05, 3.63) is 87.4 Å². The molecule has 4 nitrogen and oxygen atoms in total. The molecule has 0 spiro atoms. The number of amides is 1. The number of carbonyl (C=O) groups excluding carboxylic acids is 1. The summed E-state index contributed by atoms with van der Waals surface area (Å²) in [5, 5.41) is 4.82. The van der Waals surface area contributed by atoms with Crippen LogP contribution in [0.4, 0.5) is 5.69 Å². The monoisotopic (exact) mass is 488 g/mol. The predicted octanol–water partition coefficient (Wildman–Crippen LogP) is 7.29. The quantitative estimate of drug-likeness (QED) is 0.395. The minimum atomic E-state index is -0.140. The van der Waals surface area contributed by atoms with Crippen LogP contribution in [-0.4, -0.2) is 23.9 Å². The van der Waals surface area contributed by atoms with Gasteiger partial charge in [-0.15, -0.1) is 0 Å². The Hall–Kier alpha value is -2.24. The molecule has 1 heterocycles. The molecule has 0 aromatic heterocycles. The Morgan fingerprint density at radius 1 is 1.00 bits per heavy atom. The summed E-state index contributed by atoms with van der Waals surface area (Å²) in [6, 6.07) is 20.2. The summed E-state index contributed by atoms with van der Waals surface area (Å²) >= 11 is 18.5. The maximum absolute atomic E-state index is 13.1. The number of halogens is 3. The van der Waals surface area contributed by atoms with Gasteiger partial charge in [-0.1, -0.05) is 59.1 Å². The third kappa shape index (κ3) is 5.96. The summed E-state index contributed by atoms with van der Waals surface area (Å²) in [5.41, 5.74) is 1.56. The molecule has 0 aliphatic carbocycles. The highest BCUT2D eigenvalue weighted by Gasteiger charge is 2.27. The van der Waals surface area contributed by atoms with Crippen molar-refractivity contribution < 1.29 is 9.53 Å². The molecule has 0 radical (unpaired) electrons. The van der Waals surface area contributed by atoms with Gasteiger partial charge in [-0.2, -0.15) is 0 Å². The highest BCUT2D eigenvalue weighted by Crippen LogP contribution is 2.33. The van der Waals surface area contributed by atoms with E-state index in [1.807, 2.05) is 42.5 Å². The maximum atomic E-state index is 13.1. The molecule has 166 valence electrons. The molecule has 1 atom stereocenters. The van der Waals surface area contributed by atoms with Crippen LogP contribution < -0.4 is 10.1 Å². The molecular formula is C25H23Cl3N2O2. The van der Waals surface area contributed by atoms with Crippen LogP contribution in [0.2, 0.25) is 15.1 Å². The Bertz CT molecular complexity index is 1090. The van der Waals surface area contributed by atoms with E-state index < -0.39 is 0 Å². The highest BCUT2D eigenvalue weighted by molar-refractivity contribution is 6.35. The normalized spacial score (nSPS) is 16.5. The number of hydrogen-bond donors (Lipinski definition) is 1. The first-order valence-corrected chi connectivity index (χ1v) is 11.6. The van der Waals surface area contributed by atoms with Gasteiger partial charge in [-0.3, -0.25) is 9.69 Å². The van der Waals surface area contributed by atoms with Crippen molar-refractivity contribution >= 4 is 46.4 Å². The van der Waals surface area contributed by atoms with E-state index in [1.165, 1.54) is 0 Å².